The average molecular weight is 231 g/mol. The van der Waals surface area contributed by atoms with Crippen LogP contribution in [0, 0.1) is 6.92 Å². The monoisotopic (exact) mass is 231 g/mol. The quantitative estimate of drug-likeness (QED) is 0.787. The van der Waals surface area contributed by atoms with E-state index in [1.165, 1.54) is 22.8 Å². The first-order chi connectivity index (χ1) is 8.27. The van der Waals surface area contributed by atoms with E-state index in [2.05, 4.69) is 26.9 Å². The van der Waals surface area contributed by atoms with Crippen LogP contribution in [0.2, 0.25) is 0 Å². The van der Waals surface area contributed by atoms with Crippen molar-refractivity contribution in [3.8, 4) is 11.4 Å². The van der Waals surface area contributed by atoms with Gasteiger partial charge in [-0.3, -0.25) is 4.68 Å². The molecule has 0 radical (unpaired) electrons. The van der Waals surface area contributed by atoms with Crippen molar-refractivity contribution in [3.63, 3.8) is 0 Å². The topological polar surface area (TPSA) is 47.7 Å². The summed E-state index contributed by atoms with van der Waals surface area (Å²) in [6.07, 6.45) is 4.88. The van der Waals surface area contributed by atoms with E-state index >= 15 is 0 Å². The molecule has 0 saturated heterocycles. The lowest BCUT2D eigenvalue weighted by Gasteiger charge is -2.09. The Bertz CT molecular complexity index is 518. The third-order valence-corrected chi connectivity index (χ3v) is 3.34. The molecule has 0 fully saturated rings. The van der Waals surface area contributed by atoms with Gasteiger partial charge in [0.15, 0.2) is 0 Å². The Morgan fingerprint density at radius 2 is 2.18 bits per heavy atom. The Morgan fingerprint density at radius 3 is 2.94 bits per heavy atom. The molecule has 0 aromatic carbocycles. The van der Waals surface area contributed by atoms with Gasteiger partial charge < -0.3 is 9.88 Å². The molecule has 90 valence electrons. The van der Waals surface area contributed by atoms with E-state index in [9.17, 15) is 0 Å². The number of aryl methyl sites for hydroxylation is 2. The van der Waals surface area contributed by atoms with Crippen molar-refractivity contribution in [3.05, 3.63) is 23.8 Å². The van der Waals surface area contributed by atoms with Gasteiger partial charge in [0, 0.05) is 33.1 Å². The van der Waals surface area contributed by atoms with Crippen LogP contribution in [0.25, 0.3) is 11.4 Å². The third-order valence-electron chi connectivity index (χ3n) is 3.34. The first-order valence-electron chi connectivity index (χ1n) is 6.01. The van der Waals surface area contributed by atoms with Crippen molar-refractivity contribution in [1.29, 1.82) is 0 Å². The molecule has 5 nitrogen and oxygen atoms in total. The maximum Gasteiger partial charge on any atom is 0.110 e. The average Bonchev–Trinajstić information content (AvgIpc) is 2.74. The van der Waals surface area contributed by atoms with Gasteiger partial charge in [0.1, 0.15) is 5.82 Å². The Labute approximate surface area is 100 Å². The molecule has 1 N–H and O–H groups in total. The molecule has 1 aliphatic heterocycles. The summed E-state index contributed by atoms with van der Waals surface area (Å²) in [5, 5.41) is 7.70. The second-order valence-corrected chi connectivity index (χ2v) is 4.51. The van der Waals surface area contributed by atoms with Crippen LogP contribution in [-0.2, 0) is 20.0 Å². The lowest BCUT2D eigenvalue weighted by Crippen LogP contribution is -2.17. The van der Waals surface area contributed by atoms with Gasteiger partial charge in [0.25, 0.3) is 0 Å². The van der Waals surface area contributed by atoms with Crippen LogP contribution in [0.4, 0.5) is 0 Å². The fourth-order valence-corrected chi connectivity index (χ4v) is 2.48. The predicted octanol–water partition coefficient (Wildman–Crippen LogP) is 0.738. The summed E-state index contributed by atoms with van der Waals surface area (Å²) < 4.78 is 4.24. The zero-order valence-corrected chi connectivity index (χ0v) is 10.3. The Morgan fingerprint density at radius 1 is 1.29 bits per heavy atom. The van der Waals surface area contributed by atoms with E-state index in [0.717, 1.165) is 26.1 Å². The molecule has 3 rings (SSSR count). The molecule has 0 atom stereocenters. The molecular weight excluding hydrogens is 214 g/mol. The lowest BCUT2D eigenvalue weighted by molar-refractivity contribution is 0.645. The second kappa shape index (κ2) is 4.00. The minimum absolute atomic E-state index is 0.981. The molecule has 2 aromatic heterocycles. The number of aromatic nitrogens is 4. The fraction of sp³-hybridized carbons (Fsp3) is 0.500. The van der Waals surface area contributed by atoms with E-state index < -0.39 is 0 Å². The maximum atomic E-state index is 4.54. The molecule has 2 aromatic rings. The highest BCUT2D eigenvalue weighted by Crippen LogP contribution is 2.24. The number of nitrogens with zero attached hydrogens (tertiary/aromatic N) is 4. The van der Waals surface area contributed by atoms with Crippen LogP contribution in [-0.4, -0.2) is 32.4 Å². The summed E-state index contributed by atoms with van der Waals surface area (Å²) in [4.78, 5) is 4.54. The Balaban J connectivity index is 2.13. The molecule has 0 amide bonds. The highest BCUT2D eigenvalue weighted by Gasteiger charge is 2.17. The molecule has 3 heterocycles. The molecule has 0 spiro atoms. The van der Waals surface area contributed by atoms with Gasteiger partial charge in [0.2, 0.25) is 0 Å². The fourth-order valence-electron chi connectivity index (χ4n) is 2.48. The van der Waals surface area contributed by atoms with Crippen molar-refractivity contribution in [2.75, 3.05) is 13.1 Å². The van der Waals surface area contributed by atoms with Gasteiger partial charge in [-0.25, -0.2) is 4.98 Å². The van der Waals surface area contributed by atoms with E-state index in [0.29, 0.717) is 0 Å². The number of hydrogen-bond acceptors (Lipinski definition) is 3. The van der Waals surface area contributed by atoms with E-state index in [1.807, 2.05) is 24.1 Å². The number of hydrogen-bond donors (Lipinski definition) is 1. The van der Waals surface area contributed by atoms with Gasteiger partial charge in [-0.05, 0) is 12.5 Å². The summed E-state index contributed by atoms with van der Waals surface area (Å²) in [5.74, 6) is 1.17. The van der Waals surface area contributed by atoms with Gasteiger partial charge in [-0.1, -0.05) is 0 Å². The largest absolute Gasteiger partial charge is 0.325 e. The van der Waals surface area contributed by atoms with Crippen LogP contribution >= 0.6 is 0 Å². The first-order valence-corrected chi connectivity index (χ1v) is 6.01. The number of imidazole rings is 1. The van der Waals surface area contributed by atoms with Gasteiger partial charge in [0.05, 0.1) is 23.8 Å². The molecule has 0 unspecified atom stereocenters. The minimum Gasteiger partial charge on any atom is -0.325 e. The second-order valence-electron chi connectivity index (χ2n) is 4.51. The van der Waals surface area contributed by atoms with Crippen LogP contribution in [0.3, 0.4) is 0 Å². The standard InChI is InChI=1S/C12H17N5/c1-9-7-15-16(2)12(9)10-8-14-11-3-4-13-5-6-17(10)11/h7-8,13H,3-6H2,1-2H3. The molecule has 0 saturated carbocycles. The van der Waals surface area contributed by atoms with E-state index in [4.69, 9.17) is 0 Å². The smallest absolute Gasteiger partial charge is 0.110 e. The molecule has 0 aliphatic carbocycles. The molecule has 1 aliphatic rings. The lowest BCUT2D eigenvalue weighted by atomic mass is 10.2. The summed E-state index contributed by atoms with van der Waals surface area (Å²) >= 11 is 0. The SMILES string of the molecule is Cc1cnn(C)c1-c1cnc2n1CCNCC2. The highest BCUT2D eigenvalue weighted by molar-refractivity contribution is 5.59. The van der Waals surface area contributed by atoms with Gasteiger partial charge in [-0.15, -0.1) is 0 Å². The minimum atomic E-state index is 0.981. The zero-order valence-electron chi connectivity index (χ0n) is 10.3. The number of nitrogens with one attached hydrogen (secondary N) is 1. The molecular formula is C12H17N5. The van der Waals surface area contributed by atoms with Crippen molar-refractivity contribution in [2.24, 2.45) is 7.05 Å². The van der Waals surface area contributed by atoms with E-state index in [1.54, 1.807) is 0 Å². The summed E-state index contributed by atoms with van der Waals surface area (Å²) in [6, 6.07) is 0. The molecule has 17 heavy (non-hydrogen) atoms. The predicted molar refractivity (Wildman–Crippen MR) is 65.7 cm³/mol. The number of rotatable bonds is 1. The number of fused-ring (bicyclic) bond motifs is 1. The first kappa shape index (κ1) is 10.5. The molecule has 5 heteroatoms. The summed E-state index contributed by atoms with van der Waals surface area (Å²) in [7, 11) is 1.98. The Hall–Kier alpha value is -1.62. The van der Waals surface area contributed by atoms with Crippen molar-refractivity contribution in [2.45, 2.75) is 19.9 Å². The van der Waals surface area contributed by atoms with Gasteiger partial charge >= 0.3 is 0 Å². The van der Waals surface area contributed by atoms with E-state index in [-0.39, 0.29) is 0 Å². The van der Waals surface area contributed by atoms with Crippen LogP contribution in [0.5, 0.6) is 0 Å². The van der Waals surface area contributed by atoms with Crippen LogP contribution in [0.1, 0.15) is 11.4 Å². The van der Waals surface area contributed by atoms with Crippen molar-refractivity contribution < 1.29 is 0 Å². The van der Waals surface area contributed by atoms with Crippen molar-refractivity contribution >= 4 is 0 Å². The van der Waals surface area contributed by atoms with Crippen LogP contribution < -0.4 is 5.32 Å². The van der Waals surface area contributed by atoms with Crippen molar-refractivity contribution in [1.82, 2.24) is 24.6 Å². The third kappa shape index (κ3) is 1.67. The maximum absolute atomic E-state index is 4.54. The summed E-state index contributed by atoms with van der Waals surface area (Å²) in [6.45, 7) is 5.10. The zero-order chi connectivity index (χ0) is 11.8. The molecule has 0 bridgehead atoms. The highest BCUT2D eigenvalue weighted by atomic mass is 15.3. The van der Waals surface area contributed by atoms with Gasteiger partial charge in [-0.2, -0.15) is 5.10 Å². The normalized spacial score (nSPS) is 15.6. The Kier molecular flexibility index (Phi) is 2.48. The summed E-state index contributed by atoms with van der Waals surface area (Å²) in [5.41, 5.74) is 3.55. The van der Waals surface area contributed by atoms with Crippen LogP contribution in [0.15, 0.2) is 12.4 Å².